The van der Waals surface area contributed by atoms with Gasteiger partial charge < -0.3 is 23.2 Å². The van der Waals surface area contributed by atoms with Crippen molar-refractivity contribution in [3.05, 3.63) is 66.4 Å². The van der Waals surface area contributed by atoms with E-state index in [1.54, 1.807) is 54.6 Å². The van der Waals surface area contributed by atoms with Crippen LogP contribution in [-0.4, -0.2) is 36.8 Å². The van der Waals surface area contributed by atoms with Crippen LogP contribution >= 0.6 is 0 Å². The van der Waals surface area contributed by atoms with Crippen molar-refractivity contribution >= 4 is 5.78 Å². The minimum absolute atomic E-state index is 0.145. The van der Waals surface area contributed by atoms with Crippen LogP contribution in [0.5, 0.6) is 17.2 Å². The van der Waals surface area contributed by atoms with Crippen molar-refractivity contribution in [2.75, 3.05) is 20.8 Å². The van der Waals surface area contributed by atoms with E-state index >= 15 is 0 Å². The van der Waals surface area contributed by atoms with Crippen LogP contribution in [0.15, 0.2) is 69.8 Å². The van der Waals surface area contributed by atoms with E-state index in [0.717, 1.165) is 5.56 Å². The van der Waals surface area contributed by atoms with Gasteiger partial charge in [-0.05, 0) is 54.6 Å². The molecule has 0 fully saturated rings. The lowest BCUT2D eigenvalue weighted by Gasteiger charge is -2.10. The highest BCUT2D eigenvalue weighted by atomic mass is 16.5. The zero-order valence-corrected chi connectivity index (χ0v) is 16.3. The summed E-state index contributed by atoms with van der Waals surface area (Å²) < 4.78 is 26.5. The second-order valence-corrected chi connectivity index (χ2v) is 6.20. The van der Waals surface area contributed by atoms with Gasteiger partial charge in [0.25, 0.3) is 5.89 Å². The number of carbonyl (C=O) groups is 1. The summed E-state index contributed by atoms with van der Waals surface area (Å²) in [7, 11) is 3.04. The second kappa shape index (κ2) is 8.52. The predicted octanol–water partition coefficient (Wildman–Crippen LogP) is 4.28. The van der Waals surface area contributed by atoms with E-state index < -0.39 is 0 Å². The minimum atomic E-state index is -0.226. The predicted molar refractivity (Wildman–Crippen MR) is 107 cm³/mol. The van der Waals surface area contributed by atoms with E-state index in [2.05, 4.69) is 10.1 Å². The summed E-state index contributed by atoms with van der Waals surface area (Å²) in [6.45, 7) is -0.145. The van der Waals surface area contributed by atoms with Crippen LogP contribution in [0.25, 0.3) is 23.0 Å². The van der Waals surface area contributed by atoms with Crippen molar-refractivity contribution in [2.24, 2.45) is 0 Å². The quantitative estimate of drug-likeness (QED) is 0.400. The van der Waals surface area contributed by atoms with Crippen LogP contribution < -0.4 is 14.2 Å². The van der Waals surface area contributed by atoms with Gasteiger partial charge in [-0.2, -0.15) is 4.98 Å². The smallest absolute Gasteiger partial charge is 0.293 e. The molecule has 30 heavy (non-hydrogen) atoms. The lowest BCUT2D eigenvalue weighted by molar-refractivity contribution is 0.0918. The van der Waals surface area contributed by atoms with Gasteiger partial charge in [0.15, 0.2) is 12.4 Å². The number of carbonyl (C=O) groups excluding carboxylic acids is 1. The third-order valence-corrected chi connectivity index (χ3v) is 4.35. The molecule has 8 nitrogen and oxygen atoms in total. The molecular weight excluding hydrogens is 388 g/mol. The molecule has 0 amide bonds. The van der Waals surface area contributed by atoms with Crippen LogP contribution in [0, 0.1) is 0 Å². The molecule has 0 aliphatic carbocycles. The Morgan fingerprint density at radius 2 is 1.80 bits per heavy atom. The molecule has 0 aliphatic rings. The monoisotopic (exact) mass is 406 g/mol. The van der Waals surface area contributed by atoms with Gasteiger partial charge in [-0.1, -0.05) is 5.16 Å². The first-order chi connectivity index (χ1) is 14.7. The molecule has 2 aromatic carbocycles. The maximum atomic E-state index is 12.6. The largest absolute Gasteiger partial charge is 0.497 e. The zero-order chi connectivity index (χ0) is 20.9. The van der Waals surface area contributed by atoms with Crippen LogP contribution in [-0.2, 0) is 0 Å². The van der Waals surface area contributed by atoms with Gasteiger partial charge in [0.2, 0.25) is 11.6 Å². The molecular formula is C22H18N2O6. The molecule has 0 saturated carbocycles. The summed E-state index contributed by atoms with van der Waals surface area (Å²) in [6, 6.07) is 15.5. The number of furan rings is 1. The number of aromatic nitrogens is 2. The van der Waals surface area contributed by atoms with Gasteiger partial charge in [0.1, 0.15) is 17.2 Å². The molecule has 4 rings (SSSR count). The molecule has 0 unspecified atom stereocenters. The Labute approximate surface area is 172 Å². The molecule has 4 aromatic rings. The summed E-state index contributed by atoms with van der Waals surface area (Å²) >= 11 is 0. The maximum Gasteiger partial charge on any atom is 0.293 e. The van der Waals surface area contributed by atoms with Crippen LogP contribution in [0.3, 0.4) is 0 Å². The molecule has 0 atom stereocenters. The van der Waals surface area contributed by atoms with E-state index in [0.29, 0.717) is 40.3 Å². The fourth-order valence-electron chi connectivity index (χ4n) is 2.80. The summed E-state index contributed by atoms with van der Waals surface area (Å²) in [4.78, 5) is 16.9. The van der Waals surface area contributed by atoms with Gasteiger partial charge in [0, 0.05) is 5.56 Å². The standard InChI is InChI=1S/C22H18N2O6/c1-26-16-9-10-19(27-2)17(12-16)18(25)13-29-15-7-5-14(6-8-15)21-23-22(30-24-21)20-4-3-11-28-20/h3-12H,13H2,1-2H3. The third kappa shape index (κ3) is 4.02. The molecule has 0 N–H and O–H groups in total. The molecule has 2 aromatic heterocycles. The Morgan fingerprint density at radius 3 is 2.50 bits per heavy atom. The maximum absolute atomic E-state index is 12.6. The first-order valence-electron chi connectivity index (χ1n) is 9.04. The van der Waals surface area contributed by atoms with Crippen molar-refractivity contribution in [3.8, 4) is 40.3 Å². The number of methoxy groups -OCH3 is 2. The summed E-state index contributed by atoms with van der Waals surface area (Å²) in [6.07, 6.45) is 1.54. The Morgan fingerprint density at radius 1 is 1.00 bits per heavy atom. The van der Waals surface area contributed by atoms with Crippen molar-refractivity contribution in [1.29, 1.82) is 0 Å². The highest BCUT2D eigenvalue weighted by molar-refractivity contribution is 6.00. The fourth-order valence-corrected chi connectivity index (χ4v) is 2.80. The fraction of sp³-hybridized carbons (Fsp3) is 0.136. The molecule has 0 saturated heterocycles. The van der Waals surface area contributed by atoms with Crippen molar-refractivity contribution in [1.82, 2.24) is 10.1 Å². The second-order valence-electron chi connectivity index (χ2n) is 6.20. The van der Waals surface area contributed by atoms with Gasteiger partial charge in [0.05, 0.1) is 26.0 Å². The average molecular weight is 406 g/mol. The van der Waals surface area contributed by atoms with E-state index in [1.165, 1.54) is 20.5 Å². The number of rotatable bonds is 8. The van der Waals surface area contributed by atoms with Crippen LogP contribution in [0.2, 0.25) is 0 Å². The Hall–Kier alpha value is -4.07. The van der Waals surface area contributed by atoms with E-state index in [9.17, 15) is 4.79 Å². The first-order valence-corrected chi connectivity index (χ1v) is 9.04. The molecule has 152 valence electrons. The number of Topliss-reactive ketones (excluding diaryl/α,β-unsaturated/α-hetero) is 1. The Balaban J connectivity index is 1.42. The molecule has 0 spiro atoms. The Kier molecular flexibility index (Phi) is 5.47. The van der Waals surface area contributed by atoms with Gasteiger partial charge in [-0.3, -0.25) is 4.79 Å². The lowest BCUT2D eigenvalue weighted by Crippen LogP contribution is -2.13. The number of ketones is 1. The number of hydrogen-bond donors (Lipinski definition) is 0. The highest BCUT2D eigenvalue weighted by Gasteiger charge is 2.15. The summed E-state index contributed by atoms with van der Waals surface area (Å²) in [5, 5.41) is 3.95. The van der Waals surface area contributed by atoms with Gasteiger partial charge in [-0.15, -0.1) is 0 Å². The van der Waals surface area contributed by atoms with Gasteiger partial charge in [-0.25, -0.2) is 0 Å². The summed E-state index contributed by atoms with van der Waals surface area (Å²) in [5.74, 6) is 2.56. The minimum Gasteiger partial charge on any atom is -0.497 e. The number of ether oxygens (including phenoxy) is 3. The molecule has 0 bridgehead atoms. The SMILES string of the molecule is COc1ccc(OC)c(C(=O)COc2ccc(-c3noc(-c4ccco4)n3)cc2)c1. The molecule has 2 heterocycles. The zero-order valence-electron chi connectivity index (χ0n) is 16.3. The average Bonchev–Trinajstić information content (AvgIpc) is 3.49. The third-order valence-electron chi connectivity index (χ3n) is 4.35. The highest BCUT2D eigenvalue weighted by Crippen LogP contribution is 2.26. The number of benzene rings is 2. The van der Waals surface area contributed by atoms with Crippen LogP contribution in [0.1, 0.15) is 10.4 Å². The normalized spacial score (nSPS) is 10.6. The van der Waals surface area contributed by atoms with Crippen molar-refractivity contribution in [2.45, 2.75) is 0 Å². The van der Waals surface area contributed by atoms with E-state index in [1.807, 2.05) is 0 Å². The van der Waals surface area contributed by atoms with Gasteiger partial charge >= 0.3 is 0 Å². The van der Waals surface area contributed by atoms with E-state index in [-0.39, 0.29) is 12.4 Å². The van der Waals surface area contributed by atoms with Crippen LogP contribution in [0.4, 0.5) is 0 Å². The lowest BCUT2D eigenvalue weighted by atomic mass is 10.1. The molecule has 0 radical (unpaired) electrons. The number of nitrogens with zero attached hydrogens (tertiary/aromatic N) is 2. The topological polar surface area (TPSA) is 96.8 Å². The van der Waals surface area contributed by atoms with Crippen molar-refractivity contribution < 1.29 is 27.9 Å². The van der Waals surface area contributed by atoms with Crippen molar-refractivity contribution in [3.63, 3.8) is 0 Å². The van der Waals surface area contributed by atoms with E-state index in [4.69, 9.17) is 23.2 Å². The Bertz CT molecular complexity index is 1130. The molecule has 0 aliphatic heterocycles. The summed E-state index contributed by atoms with van der Waals surface area (Å²) in [5.41, 5.74) is 1.13. The first kappa shape index (κ1) is 19.3. The molecule has 8 heteroatoms. The number of hydrogen-bond acceptors (Lipinski definition) is 8.